The van der Waals surface area contributed by atoms with Crippen LogP contribution in [-0.4, -0.2) is 85.8 Å². The van der Waals surface area contributed by atoms with E-state index >= 15 is 0 Å². The van der Waals surface area contributed by atoms with Crippen molar-refractivity contribution in [1.82, 2.24) is 14.7 Å². The summed E-state index contributed by atoms with van der Waals surface area (Å²) in [6.45, 7) is 19.3. The van der Waals surface area contributed by atoms with Gasteiger partial charge < -0.3 is 14.5 Å². The lowest BCUT2D eigenvalue weighted by Gasteiger charge is -2.49. The molecule has 1 saturated carbocycles. The molecule has 0 radical (unpaired) electrons. The Balaban J connectivity index is 1.14. The van der Waals surface area contributed by atoms with E-state index in [1.165, 1.54) is 91.0 Å². The highest BCUT2D eigenvalue weighted by Gasteiger charge is 2.50. The molecule has 1 aliphatic carbocycles. The van der Waals surface area contributed by atoms with Gasteiger partial charge in [0.1, 0.15) is 0 Å². The molecule has 4 fully saturated rings. The van der Waals surface area contributed by atoms with Crippen molar-refractivity contribution < 1.29 is 4.74 Å². The van der Waals surface area contributed by atoms with Gasteiger partial charge in [0.2, 0.25) is 0 Å². The van der Waals surface area contributed by atoms with Crippen molar-refractivity contribution in [3.05, 3.63) is 0 Å². The maximum Gasteiger partial charge on any atom is 0.0938 e. The molecule has 0 aromatic carbocycles. The molecule has 27 heavy (non-hydrogen) atoms. The van der Waals surface area contributed by atoms with E-state index in [0.717, 1.165) is 30.3 Å². The van der Waals surface area contributed by atoms with Gasteiger partial charge in [-0.1, -0.05) is 20.8 Å². The van der Waals surface area contributed by atoms with Gasteiger partial charge in [0.25, 0.3) is 0 Å². The van der Waals surface area contributed by atoms with Crippen LogP contribution in [0, 0.1) is 23.7 Å². The minimum absolute atomic E-state index is 0.227. The zero-order chi connectivity index (χ0) is 18.9. The Kier molecular flexibility index (Phi) is 6.48. The molecular weight excluding hydrogens is 334 g/mol. The van der Waals surface area contributed by atoms with Crippen molar-refractivity contribution in [2.45, 2.75) is 58.5 Å². The number of nitrogens with zero attached hydrogens (tertiary/aromatic N) is 3. The van der Waals surface area contributed by atoms with E-state index in [-0.39, 0.29) is 5.60 Å². The van der Waals surface area contributed by atoms with Crippen LogP contribution in [-0.2, 0) is 4.74 Å². The van der Waals surface area contributed by atoms with Gasteiger partial charge in [-0.2, -0.15) is 0 Å². The number of likely N-dealkylation sites (N-methyl/N-ethyl adjacent to an activating group) is 1. The highest BCUT2D eigenvalue weighted by atomic mass is 16.5. The van der Waals surface area contributed by atoms with E-state index < -0.39 is 0 Å². The molecule has 1 atom stereocenters. The summed E-state index contributed by atoms with van der Waals surface area (Å²) in [6.07, 6.45) is 7.15. The van der Waals surface area contributed by atoms with Crippen LogP contribution in [0.15, 0.2) is 0 Å². The van der Waals surface area contributed by atoms with E-state index in [2.05, 4.69) is 35.5 Å². The van der Waals surface area contributed by atoms with Crippen LogP contribution in [0.5, 0.6) is 0 Å². The van der Waals surface area contributed by atoms with Gasteiger partial charge in [-0.3, -0.25) is 4.90 Å². The lowest BCUT2D eigenvalue weighted by Crippen LogP contribution is -2.62. The van der Waals surface area contributed by atoms with Crippen molar-refractivity contribution in [1.29, 1.82) is 0 Å². The molecule has 4 rings (SSSR count). The molecule has 156 valence electrons. The molecule has 4 nitrogen and oxygen atoms in total. The fourth-order valence-corrected chi connectivity index (χ4v) is 6.23. The average molecular weight is 378 g/mol. The third-order valence-corrected chi connectivity index (χ3v) is 8.09. The molecular formula is C23H43N3O. The summed E-state index contributed by atoms with van der Waals surface area (Å²) in [5.74, 6) is 3.58. The van der Waals surface area contributed by atoms with Crippen LogP contribution in [0.25, 0.3) is 0 Å². The quantitative estimate of drug-likeness (QED) is 0.708. The lowest BCUT2D eigenvalue weighted by molar-refractivity contribution is -0.116. The third kappa shape index (κ3) is 4.88. The molecule has 3 aliphatic heterocycles. The van der Waals surface area contributed by atoms with E-state index in [1.807, 2.05) is 0 Å². The molecule has 0 aromatic rings. The number of likely N-dealkylation sites (tertiary alicyclic amines) is 1. The molecule has 1 unspecified atom stereocenters. The topological polar surface area (TPSA) is 19.0 Å². The SMILES string of the molecule is CCN1CCN(CC2COC3(C2)CN(CC2CCC(C(C)C)CC2)C3)CC1. The smallest absolute Gasteiger partial charge is 0.0938 e. The molecule has 4 heteroatoms. The van der Waals surface area contributed by atoms with E-state index in [1.54, 1.807) is 0 Å². The summed E-state index contributed by atoms with van der Waals surface area (Å²) in [4.78, 5) is 7.95. The predicted molar refractivity (Wildman–Crippen MR) is 112 cm³/mol. The summed E-state index contributed by atoms with van der Waals surface area (Å²) in [7, 11) is 0. The Morgan fingerprint density at radius 2 is 1.48 bits per heavy atom. The maximum absolute atomic E-state index is 6.36. The molecule has 1 spiro atoms. The predicted octanol–water partition coefficient (Wildman–Crippen LogP) is 3.18. The van der Waals surface area contributed by atoms with Crippen LogP contribution < -0.4 is 0 Å². The highest BCUT2D eigenvalue weighted by molar-refractivity contribution is 5.03. The van der Waals surface area contributed by atoms with Gasteiger partial charge in [0.15, 0.2) is 0 Å². The summed E-state index contributed by atoms with van der Waals surface area (Å²) in [5.41, 5.74) is 0.227. The Morgan fingerprint density at radius 1 is 0.852 bits per heavy atom. The number of piperazine rings is 1. The van der Waals surface area contributed by atoms with E-state index in [4.69, 9.17) is 4.74 Å². The van der Waals surface area contributed by atoms with E-state index in [9.17, 15) is 0 Å². The largest absolute Gasteiger partial charge is 0.372 e. The lowest BCUT2D eigenvalue weighted by atomic mass is 9.76. The Morgan fingerprint density at radius 3 is 2.11 bits per heavy atom. The van der Waals surface area contributed by atoms with E-state index in [0.29, 0.717) is 0 Å². The summed E-state index contributed by atoms with van der Waals surface area (Å²) >= 11 is 0. The van der Waals surface area contributed by atoms with Crippen LogP contribution in [0.2, 0.25) is 0 Å². The number of hydrogen-bond donors (Lipinski definition) is 0. The second-order valence-corrected chi connectivity index (χ2v) is 10.5. The van der Waals surface area contributed by atoms with Crippen LogP contribution in [0.1, 0.15) is 52.9 Å². The molecule has 3 saturated heterocycles. The van der Waals surface area contributed by atoms with Crippen molar-refractivity contribution in [3.8, 4) is 0 Å². The van der Waals surface area contributed by atoms with Crippen molar-refractivity contribution in [3.63, 3.8) is 0 Å². The third-order valence-electron chi connectivity index (χ3n) is 8.09. The fourth-order valence-electron chi connectivity index (χ4n) is 6.23. The van der Waals surface area contributed by atoms with Crippen LogP contribution in [0.4, 0.5) is 0 Å². The minimum atomic E-state index is 0.227. The van der Waals surface area contributed by atoms with Gasteiger partial charge in [-0.15, -0.1) is 0 Å². The van der Waals surface area contributed by atoms with Gasteiger partial charge in [0, 0.05) is 52.4 Å². The highest BCUT2D eigenvalue weighted by Crippen LogP contribution is 2.40. The van der Waals surface area contributed by atoms with Crippen molar-refractivity contribution in [2.75, 3.05) is 65.5 Å². The van der Waals surface area contributed by atoms with Crippen molar-refractivity contribution >= 4 is 0 Å². The normalized spacial score (nSPS) is 35.8. The average Bonchev–Trinajstić information content (AvgIpc) is 3.06. The first kappa shape index (κ1) is 20.1. The molecule has 3 heterocycles. The van der Waals surface area contributed by atoms with Gasteiger partial charge in [-0.05, 0) is 62.3 Å². The zero-order valence-electron chi connectivity index (χ0n) is 18.2. The molecule has 0 bridgehead atoms. The first-order chi connectivity index (χ1) is 13.0. The number of ether oxygens (including phenoxy) is 1. The monoisotopic (exact) mass is 377 g/mol. The summed E-state index contributed by atoms with van der Waals surface area (Å²) in [5, 5.41) is 0. The van der Waals surface area contributed by atoms with Gasteiger partial charge in [-0.25, -0.2) is 0 Å². The Bertz CT molecular complexity index is 460. The Labute approximate surface area is 167 Å². The fraction of sp³-hybridized carbons (Fsp3) is 1.00. The maximum atomic E-state index is 6.36. The van der Waals surface area contributed by atoms with Gasteiger partial charge in [0.05, 0.1) is 12.2 Å². The van der Waals surface area contributed by atoms with Crippen LogP contribution >= 0.6 is 0 Å². The molecule has 4 aliphatic rings. The summed E-state index contributed by atoms with van der Waals surface area (Å²) in [6, 6.07) is 0. The molecule has 0 amide bonds. The minimum Gasteiger partial charge on any atom is -0.372 e. The van der Waals surface area contributed by atoms with Crippen molar-refractivity contribution in [2.24, 2.45) is 23.7 Å². The van der Waals surface area contributed by atoms with Crippen LogP contribution in [0.3, 0.4) is 0 Å². The number of hydrogen-bond acceptors (Lipinski definition) is 4. The zero-order valence-corrected chi connectivity index (χ0v) is 18.2. The first-order valence-electron chi connectivity index (χ1n) is 11.9. The number of rotatable bonds is 6. The Hall–Kier alpha value is -0.160. The summed E-state index contributed by atoms with van der Waals surface area (Å²) < 4.78 is 6.36. The molecule has 0 N–H and O–H groups in total. The molecule has 0 aromatic heterocycles. The second kappa shape index (κ2) is 8.69. The second-order valence-electron chi connectivity index (χ2n) is 10.5. The van der Waals surface area contributed by atoms with Gasteiger partial charge >= 0.3 is 0 Å². The first-order valence-corrected chi connectivity index (χ1v) is 11.9. The standard InChI is InChI=1S/C23H43N3O/c1-4-24-9-11-25(12-10-24)15-21-13-23(27-16-21)17-26(18-23)14-20-5-7-22(8-6-20)19(2)3/h19-22H,4-18H2,1-3H3.